The number of amides is 1. The summed E-state index contributed by atoms with van der Waals surface area (Å²) < 4.78 is 41.6. The largest absolute Gasteiger partial charge is 0.484 e. The Morgan fingerprint density at radius 3 is 2.59 bits per heavy atom. The Morgan fingerprint density at radius 1 is 1.14 bits per heavy atom. The molecule has 1 amide bonds. The number of aromatic nitrogens is 2. The molecule has 6 nitrogen and oxygen atoms in total. The molecule has 2 heterocycles. The van der Waals surface area contributed by atoms with Gasteiger partial charge in [-0.3, -0.25) is 9.89 Å². The summed E-state index contributed by atoms with van der Waals surface area (Å²) in [6, 6.07) is 13.5. The number of halogens is 3. The fourth-order valence-corrected chi connectivity index (χ4v) is 3.31. The van der Waals surface area contributed by atoms with Gasteiger partial charge >= 0.3 is 6.18 Å². The molecule has 1 aliphatic heterocycles. The fraction of sp³-hybridized carbons (Fsp3) is 0.200. The topological polar surface area (TPSA) is 70.2 Å². The summed E-state index contributed by atoms with van der Waals surface area (Å²) in [4.78, 5) is 14.4. The molecule has 150 valence electrons. The van der Waals surface area contributed by atoms with Crippen LogP contribution in [0.3, 0.4) is 0 Å². The molecule has 3 aromatic rings. The molecule has 0 fully saturated rings. The van der Waals surface area contributed by atoms with E-state index in [0.29, 0.717) is 16.8 Å². The smallest absolute Gasteiger partial charge is 0.422 e. The van der Waals surface area contributed by atoms with Crippen LogP contribution in [-0.2, 0) is 0 Å². The van der Waals surface area contributed by atoms with Crippen LogP contribution in [0.15, 0.2) is 54.7 Å². The van der Waals surface area contributed by atoms with E-state index in [4.69, 9.17) is 4.74 Å². The normalized spacial score (nSPS) is 16.3. The predicted octanol–water partition coefficient (Wildman–Crippen LogP) is 3.90. The number of fused-ring (bicyclic) bond motifs is 1. The highest BCUT2D eigenvalue weighted by Gasteiger charge is 2.32. The van der Waals surface area contributed by atoms with Crippen molar-refractivity contribution in [1.29, 1.82) is 0 Å². The van der Waals surface area contributed by atoms with Gasteiger partial charge in [0.05, 0.1) is 16.9 Å². The third kappa shape index (κ3) is 3.75. The first-order valence-corrected chi connectivity index (χ1v) is 8.80. The first kappa shape index (κ1) is 18.9. The molecule has 1 aliphatic rings. The number of hydrogen-bond donors (Lipinski definition) is 2. The van der Waals surface area contributed by atoms with Crippen LogP contribution in [0, 0.1) is 0 Å². The van der Waals surface area contributed by atoms with Crippen LogP contribution >= 0.6 is 0 Å². The van der Waals surface area contributed by atoms with Gasteiger partial charge in [-0.1, -0.05) is 12.1 Å². The summed E-state index contributed by atoms with van der Waals surface area (Å²) in [5.41, 5.74) is 3.39. The first-order valence-electron chi connectivity index (χ1n) is 8.80. The summed E-state index contributed by atoms with van der Waals surface area (Å²) >= 11 is 0. The molecule has 29 heavy (non-hydrogen) atoms. The van der Waals surface area contributed by atoms with Gasteiger partial charge < -0.3 is 15.0 Å². The van der Waals surface area contributed by atoms with Crippen molar-refractivity contribution in [2.75, 3.05) is 18.6 Å². The maximum Gasteiger partial charge on any atom is 0.422 e. The lowest BCUT2D eigenvalue weighted by Crippen LogP contribution is -2.44. The van der Waals surface area contributed by atoms with Crippen LogP contribution in [0.1, 0.15) is 22.1 Å². The molecule has 9 heteroatoms. The van der Waals surface area contributed by atoms with Crippen molar-refractivity contribution in [3.05, 3.63) is 65.9 Å². The molecule has 0 saturated carbocycles. The third-order valence-corrected chi connectivity index (χ3v) is 4.68. The highest BCUT2D eigenvalue weighted by molar-refractivity contribution is 6.02. The van der Waals surface area contributed by atoms with Crippen LogP contribution in [0.4, 0.5) is 18.9 Å². The molecule has 0 spiro atoms. The number of nitrogens with zero attached hydrogens (tertiary/aromatic N) is 2. The maximum absolute atomic E-state index is 12.5. The number of H-pyrrole nitrogens is 1. The van der Waals surface area contributed by atoms with Gasteiger partial charge in [0.25, 0.3) is 5.91 Å². The lowest BCUT2D eigenvalue weighted by molar-refractivity contribution is -0.153. The highest BCUT2D eigenvalue weighted by Crippen LogP contribution is 2.35. The van der Waals surface area contributed by atoms with Crippen molar-refractivity contribution < 1.29 is 22.7 Å². The Balaban J connectivity index is 1.60. The number of anilines is 1. The molecule has 2 N–H and O–H groups in total. The minimum atomic E-state index is -4.39. The summed E-state index contributed by atoms with van der Waals surface area (Å²) in [5, 5.41) is 10.0. The second-order valence-corrected chi connectivity index (χ2v) is 6.62. The molecule has 0 bridgehead atoms. The molecule has 0 radical (unpaired) electrons. The van der Waals surface area contributed by atoms with Gasteiger partial charge in [0.2, 0.25) is 0 Å². The van der Waals surface area contributed by atoms with Crippen molar-refractivity contribution in [3.63, 3.8) is 0 Å². The molecule has 2 aromatic carbocycles. The third-order valence-electron chi connectivity index (χ3n) is 4.68. The minimum absolute atomic E-state index is 0.111. The number of rotatable bonds is 4. The van der Waals surface area contributed by atoms with Crippen LogP contribution in [0.25, 0.3) is 11.3 Å². The van der Waals surface area contributed by atoms with E-state index < -0.39 is 18.9 Å². The standard InChI is InChI=1S/C20H17F3N4O2/c1-27-16-5-3-2-4-14(16)19(28)25-18(27)15-10-24-26-17(15)12-6-8-13(9-7-12)29-11-20(21,22)23/h2-10,18H,11H2,1H3,(H,24,26)(H,25,28). The predicted molar refractivity (Wildman–Crippen MR) is 101 cm³/mol. The zero-order chi connectivity index (χ0) is 20.6. The van der Waals surface area contributed by atoms with Crippen molar-refractivity contribution in [1.82, 2.24) is 15.5 Å². The van der Waals surface area contributed by atoms with E-state index in [1.807, 2.05) is 24.1 Å². The minimum Gasteiger partial charge on any atom is -0.484 e. The average Bonchev–Trinajstić information content (AvgIpc) is 3.18. The van der Waals surface area contributed by atoms with Crippen molar-refractivity contribution in [2.24, 2.45) is 0 Å². The molecule has 0 saturated heterocycles. The van der Waals surface area contributed by atoms with Gasteiger partial charge in [0, 0.05) is 24.4 Å². The Hall–Kier alpha value is -3.49. The zero-order valence-corrected chi connectivity index (χ0v) is 15.3. The Labute approximate surface area is 164 Å². The van der Waals surface area contributed by atoms with Crippen molar-refractivity contribution >= 4 is 11.6 Å². The SMILES string of the molecule is CN1c2ccccc2C(=O)NC1c1c[nH]nc1-c1ccc(OCC(F)(F)F)cc1. The van der Waals surface area contributed by atoms with Crippen LogP contribution in [0.2, 0.25) is 0 Å². The second kappa shape index (κ2) is 7.16. The molecule has 1 atom stereocenters. The van der Waals surface area contributed by atoms with Gasteiger partial charge in [-0.25, -0.2) is 0 Å². The lowest BCUT2D eigenvalue weighted by Gasteiger charge is -2.36. The number of ether oxygens (including phenoxy) is 1. The van der Waals surface area contributed by atoms with E-state index in [1.54, 1.807) is 30.5 Å². The molecular weight excluding hydrogens is 385 g/mol. The summed E-state index contributed by atoms with van der Waals surface area (Å²) in [6.45, 7) is -1.35. The summed E-state index contributed by atoms with van der Waals surface area (Å²) in [7, 11) is 1.87. The Morgan fingerprint density at radius 2 is 1.86 bits per heavy atom. The maximum atomic E-state index is 12.5. The summed E-state index contributed by atoms with van der Waals surface area (Å²) in [5.74, 6) is -0.0769. The molecule has 1 unspecified atom stereocenters. The number of aromatic amines is 1. The Bertz CT molecular complexity index is 1030. The van der Waals surface area contributed by atoms with Gasteiger partial charge in [0.1, 0.15) is 11.9 Å². The number of carbonyl (C=O) groups excluding carboxylic acids is 1. The van der Waals surface area contributed by atoms with Crippen LogP contribution in [0.5, 0.6) is 5.75 Å². The van der Waals surface area contributed by atoms with E-state index in [-0.39, 0.29) is 11.7 Å². The van der Waals surface area contributed by atoms with Crippen molar-refractivity contribution in [3.8, 4) is 17.0 Å². The van der Waals surface area contributed by atoms with Gasteiger partial charge in [-0.15, -0.1) is 0 Å². The van der Waals surface area contributed by atoms with Gasteiger partial charge in [-0.05, 0) is 36.4 Å². The van der Waals surface area contributed by atoms with E-state index in [0.717, 1.165) is 11.3 Å². The quantitative estimate of drug-likeness (QED) is 0.695. The van der Waals surface area contributed by atoms with E-state index in [1.165, 1.54) is 12.1 Å². The van der Waals surface area contributed by atoms with Crippen LogP contribution < -0.4 is 15.0 Å². The average molecular weight is 402 g/mol. The van der Waals surface area contributed by atoms with E-state index in [2.05, 4.69) is 15.5 Å². The number of para-hydroxylation sites is 1. The second-order valence-electron chi connectivity index (χ2n) is 6.62. The van der Waals surface area contributed by atoms with E-state index in [9.17, 15) is 18.0 Å². The van der Waals surface area contributed by atoms with Gasteiger partial charge in [-0.2, -0.15) is 18.3 Å². The Kier molecular flexibility index (Phi) is 4.65. The number of nitrogens with one attached hydrogen (secondary N) is 2. The van der Waals surface area contributed by atoms with Gasteiger partial charge in [0.15, 0.2) is 6.61 Å². The number of benzene rings is 2. The number of hydrogen-bond acceptors (Lipinski definition) is 4. The highest BCUT2D eigenvalue weighted by atomic mass is 19.4. The van der Waals surface area contributed by atoms with Crippen molar-refractivity contribution in [2.45, 2.75) is 12.3 Å². The van der Waals surface area contributed by atoms with E-state index >= 15 is 0 Å². The summed E-state index contributed by atoms with van der Waals surface area (Å²) in [6.07, 6.45) is -3.15. The molecule has 0 aliphatic carbocycles. The van der Waals surface area contributed by atoms with Crippen LogP contribution in [-0.4, -0.2) is 35.9 Å². The number of carbonyl (C=O) groups is 1. The monoisotopic (exact) mass is 402 g/mol. The lowest BCUT2D eigenvalue weighted by atomic mass is 10.0. The molecular formula is C20H17F3N4O2. The first-order chi connectivity index (χ1) is 13.8. The molecule has 4 rings (SSSR count). The number of alkyl halides is 3. The zero-order valence-electron chi connectivity index (χ0n) is 15.3. The molecule has 1 aromatic heterocycles. The fourth-order valence-electron chi connectivity index (χ4n) is 3.31.